The molecule has 0 aliphatic heterocycles. The van der Waals surface area contributed by atoms with Gasteiger partial charge in [-0.15, -0.1) is 5.10 Å². The summed E-state index contributed by atoms with van der Waals surface area (Å²) in [5.74, 6) is 0.863. The molecule has 0 bridgehead atoms. The Bertz CT molecular complexity index is 834. The van der Waals surface area contributed by atoms with Gasteiger partial charge in [0.25, 0.3) is 0 Å². The lowest BCUT2D eigenvalue weighted by Crippen LogP contribution is -2.15. The van der Waals surface area contributed by atoms with Gasteiger partial charge in [-0.2, -0.15) is 0 Å². The molecule has 0 fully saturated rings. The number of hydrogen-bond donors (Lipinski definition) is 0. The van der Waals surface area contributed by atoms with Gasteiger partial charge < -0.3 is 4.74 Å². The molecule has 1 aromatic heterocycles. The van der Waals surface area contributed by atoms with Gasteiger partial charge in [0.2, 0.25) is 5.16 Å². The normalized spacial score (nSPS) is 11.9. The van der Waals surface area contributed by atoms with Crippen LogP contribution in [0.25, 0.3) is 0 Å². The Kier molecular flexibility index (Phi) is 5.45. The molecule has 1 heterocycles. The molecular weight excluding hydrogens is 336 g/mol. The van der Waals surface area contributed by atoms with Crippen molar-refractivity contribution in [3.63, 3.8) is 0 Å². The van der Waals surface area contributed by atoms with Crippen LogP contribution in [0.15, 0.2) is 59.8 Å². The first-order valence-corrected chi connectivity index (χ1v) is 8.70. The van der Waals surface area contributed by atoms with Crippen molar-refractivity contribution in [1.29, 1.82) is 0 Å². The molecule has 3 rings (SSSR count). The zero-order valence-corrected chi connectivity index (χ0v) is 14.8. The molecule has 0 saturated heterocycles. The van der Waals surface area contributed by atoms with E-state index in [1.807, 2.05) is 61.5 Å². The van der Waals surface area contributed by atoms with Crippen molar-refractivity contribution in [3.8, 4) is 5.75 Å². The van der Waals surface area contributed by atoms with Gasteiger partial charge in [0.15, 0.2) is 5.78 Å². The van der Waals surface area contributed by atoms with E-state index in [0.717, 1.165) is 11.3 Å². The van der Waals surface area contributed by atoms with Crippen molar-refractivity contribution in [2.45, 2.75) is 23.9 Å². The highest BCUT2D eigenvalue weighted by Gasteiger charge is 2.19. The van der Waals surface area contributed by atoms with Gasteiger partial charge in [-0.3, -0.25) is 4.79 Å². The maximum atomic E-state index is 12.5. The topological polar surface area (TPSA) is 69.9 Å². The van der Waals surface area contributed by atoms with E-state index < -0.39 is 0 Å². The lowest BCUT2D eigenvalue weighted by atomic mass is 10.1. The molecule has 3 aromatic rings. The van der Waals surface area contributed by atoms with Gasteiger partial charge in [0, 0.05) is 5.56 Å². The number of thioether (sulfide) groups is 1. The number of aromatic nitrogens is 4. The first kappa shape index (κ1) is 17.2. The quantitative estimate of drug-likeness (QED) is 0.480. The Morgan fingerprint density at radius 1 is 1.16 bits per heavy atom. The third-order valence-corrected chi connectivity index (χ3v) is 4.77. The van der Waals surface area contributed by atoms with Gasteiger partial charge in [-0.1, -0.05) is 54.2 Å². The zero-order valence-electron chi connectivity index (χ0n) is 14.0. The Labute approximate surface area is 150 Å². The van der Waals surface area contributed by atoms with E-state index in [-0.39, 0.29) is 11.0 Å². The van der Waals surface area contributed by atoms with Crippen molar-refractivity contribution >= 4 is 17.5 Å². The van der Waals surface area contributed by atoms with Crippen molar-refractivity contribution in [2.24, 2.45) is 0 Å². The average molecular weight is 354 g/mol. The van der Waals surface area contributed by atoms with Gasteiger partial charge in [0.1, 0.15) is 5.75 Å². The van der Waals surface area contributed by atoms with Gasteiger partial charge >= 0.3 is 0 Å². The zero-order chi connectivity index (χ0) is 17.6. The summed E-state index contributed by atoms with van der Waals surface area (Å²) < 4.78 is 6.86. The predicted octanol–water partition coefficient (Wildman–Crippen LogP) is 3.09. The van der Waals surface area contributed by atoms with E-state index in [1.165, 1.54) is 11.8 Å². The maximum absolute atomic E-state index is 12.5. The number of ketones is 1. The monoisotopic (exact) mass is 354 g/mol. The largest absolute Gasteiger partial charge is 0.497 e. The second-order valence-electron chi connectivity index (χ2n) is 5.46. The second kappa shape index (κ2) is 7.94. The molecule has 1 atom stereocenters. The van der Waals surface area contributed by atoms with E-state index in [2.05, 4.69) is 15.5 Å². The fraction of sp³-hybridized carbons (Fsp3) is 0.222. The molecule has 0 radical (unpaired) electrons. The van der Waals surface area contributed by atoms with Crippen LogP contribution in [-0.4, -0.2) is 38.4 Å². The fourth-order valence-electron chi connectivity index (χ4n) is 2.33. The predicted molar refractivity (Wildman–Crippen MR) is 96.0 cm³/mol. The number of rotatable bonds is 7. The molecule has 7 heteroatoms. The van der Waals surface area contributed by atoms with E-state index in [1.54, 1.807) is 11.8 Å². The molecule has 1 unspecified atom stereocenters. The summed E-state index contributed by atoms with van der Waals surface area (Å²) in [6.45, 7) is 2.40. The summed E-state index contributed by atoms with van der Waals surface area (Å²) in [4.78, 5) is 12.5. The molecular formula is C18H18N4O2S. The maximum Gasteiger partial charge on any atom is 0.210 e. The molecule has 6 nitrogen and oxygen atoms in total. The minimum atomic E-state index is -0.275. The molecule has 25 heavy (non-hydrogen) atoms. The molecule has 0 saturated carbocycles. The Morgan fingerprint density at radius 2 is 1.88 bits per heavy atom. The number of hydrogen-bond acceptors (Lipinski definition) is 6. The standard InChI is InChI=1S/C18H18N4O2S/c1-13(17(23)15-6-4-3-5-7-15)25-18-19-20-21-22(18)12-14-8-10-16(24-2)11-9-14/h3-11,13H,12H2,1-2H3. The lowest BCUT2D eigenvalue weighted by molar-refractivity contribution is 0.0994. The lowest BCUT2D eigenvalue weighted by Gasteiger charge is -2.10. The number of carbonyl (C=O) groups excluding carboxylic acids is 1. The Morgan fingerprint density at radius 3 is 2.56 bits per heavy atom. The van der Waals surface area contributed by atoms with Crippen LogP contribution in [0.3, 0.4) is 0 Å². The second-order valence-corrected chi connectivity index (χ2v) is 6.77. The number of benzene rings is 2. The van der Waals surface area contributed by atoms with E-state index >= 15 is 0 Å². The summed E-state index contributed by atoms with van der Waals surface area (Å²) in [6, 6.07) is 17.0. The number of Topliss-reactive ketones (excluding diaryl/α,β-unsaturated/α-hetero) is 1. The highest BCUT2D eigenvalue weighted by atomic mass is 32.2. The van der Waals surface area contributed by atoms with Crippen LogP contribution in [0.1, 0.15) is 22.8 Å². The molecule has 0 spiro atoms. The van der Waals surface area contributed by atoms with Gasteiger partial charge in [-0.05, 0) is 35.0 Å². The summed E-state index contributed by atoms with van der Waals surface area (Å²) >= 11 is 1.36. The van der Waals surface area contributed by atoms with Crippen LogP contribution < -0.4 is 4.74 Å². The summed E-state index contributed by atoms with van der Waals surface area (Å²) in [7, 11) is 1.64. The first-order chi connectivity index (χ1) is 12.2. The van der Waals surface area contributed by atoms with Gasteiger partial charge in [-0.25, -0.2) is 4.68 Å². The SMILES string of the molecule is COc1ccc(Cn2nnnc2SC(C)C(=O)c2ccccc2)cc1. The van der Waals surface area contributed by atoms with Gasteiger partial charge in [0.05, 0.1) is 18.9 Å². The average Bonchev–Trinajstić information content (AvgIpc) is 3.09. The Hall–Kier alpha value is -2.67. The molecule has 128 valence electrons. The van der Waals surface area contributed by atoms with Crippen LogP contribution in [0.5, 0.6) is 5.75 Å². The van der Waals surface area contributed by atoms with Crippen LogP contribution >= 0.6 is 11.8 Å². The number of methoxy groups -OCH3 is 1. The molecule has 0 aliphatic carbocycles. The molecule has 0 amide bonds. The first-order valence-electron chi connectivity index (χ1n) is 7.82. The third kappa shape index (κ3) is 4.24. The molecule has 0 aliphatic rings. The summed E-state index contributed by atoms with van der Waals surface area (Å²) in [5.41, 5.74) is 1.74. The number of ether oxygens (including phenoxy) is 1. The van der Waals surface area contributed by atoms with Crippen LogP contribution in [0, 0.1) is 0 Å². The van der Waals surface area contributed by atoms with Crippen molar-refractivity contribution in [2.75, 3.05) is 7.11 Å². The van der Waals surface area contributed by atoms with Crippen molar-refractivity contribution in [3.05, 3.63) is 65.7 Å². The molecule has 0 N–H and O–H groups in total. The third-order valence-electron chi connectivity index (χ3n) is 3.70. The molecule has 2 aromatic carbocycles. The summed E-state index contributed by atoms with van der Waals surface area (Å²) in [6.07, 6.45) is 0. The van der Waals surface area contributed by atoms with Crippen LogP contribution in [0.2, 0.25) is 0 Å². The smallest absolute Gasteiger partial charge is 0.210 e. The minimum Gasteiger partial charge on any atom is -0.497 e. The van der Waals surface area contributed by atoms with Crippen LogP contribution in [-0.2, 0) is 6.54 Å². The van der Waals surface area contributed by atoms with Crippen molar-refractivity contribution < 1.29 is 9.53 Å². The van der Waals surface area contributed by atoms with Crippen molar-refractivity contribution in [1.82, 2.24) is 20.2 Å². The minimum absolute atomic E-state index is 0.0598. The number of tetrazole rings is 1. The number of carbonyl (C=O) groups is 1. The van der Waals surface area contributed by atoms with Crippen LogP contribution in [0.4, 0.5) is 0 Å². The Balaban J connectivity index is 1.69. The van der Waals surface area contributed by atoms with E-state index in [4.69, 9.17) is 4.74 Å². The number of nitrogens with zero attached hydrogens (tertiary/aromatic N) is 4. The highest BCUT2D eigenvalue weighted by Crippen LogP contribution is 2.24. The van der Waals surface area contributed by atoms with E-state index in [0.29, 0.717) is 17.3 Å². The highest BCUT2D eigenvalue weighted by molar-refractivity contribution is 8.00. The fourth-order valence-corrected chi connectivity index (χ4v) is 3.20. The van der Waals surface area contributed by atoms with E-state index in [9.17, 15) is 4.79 Å². The summed E-state index contributed by atoms with van der Waals surface area (Å²) in [5, 5.41) is 12.2.